The number of hydrogen-bond acceptors (Lipinski definition) is 3. The van der Waals surface area contributed by atoms with Crippen molar-refractivity contribution in [3.05, 3.63) is 64.2 Å². The first-order valence-electron chi connectivity index (χ1n) is 11.4. The number of alkyl carbamates (subject to hydrolysis) is 1. The van der Waals surface area contributed by atoms with Gasteiger partial charge in [0.1, 0.15) is 0 Å². The highest BCUT2D eigenvalue weighted by Gasteiger charge is 2.40. The summed E-state index contributed by atoms with van der Waals surface area (Å²) >= 11 is 0. The molecule has 1 heterocycles. The zero-order valence-electron chi connectivity index (χ0n) is 20.0. The molecule has 2 aromatic carbocycles. The van der Waals surface area contributed by atoms with Crippen molar-refractivity contribution < 1.29 is 58.9 Å². The molecule has 0 spiro atoms. The molecule has 1 aliphatic heterocycles. The molecule has 6 nitrogen and oxygen atoms in total. The molecule has 0 radical (unpaired) electrons. The zero-order valence-corrected chi connectivity index (χ0v) is 20.0. The van der Waals surface area contributed by atoms with E-state index in [1.54, 1.807) is 6.92 Å². The van der Waals surface area contributed by atoms with Crippen LogP contribution >= 0.6 is 0 Å². The van der Waals surface area contributed by atoms with E-state index < -0.39 is 78.1 Å². The summed E-state index contributed by atoms with van der Waals surface area (Å²) in [4.78, 5) is 25.1. The summed E-state index contributed by atoms with van der Waals surface area (Å²) in [5.41, 5.74) is -4.81. The number of rotatable bonds is 5. The van der Waals surface area contributed by atoms with E-state index in [1.165, 1.54) is 0 Å². The molecule has 0 fully saturated rings. The van der Waals surface area contributed by atoms with E-state index in [1.807, 2.05) is 0 Å². The molecule has 39 heavy (non-hydrogen) atoms. The number of nitrogens with one attached hydrogen (secondary N) is 1. The Balaban J connectivity index is 1.79. The topological polar surface area (TPSA) is 78.9 Å². The monoisotopic (exact) mass is 572 g/mol. The minimum atomic E-state index is -5.06. The predicted octanol–water partition coefficient (Wildman–Crippen LogP) is 7.42. The number of carboxylic acid groups (broad SMARTS) is 1. The molecule has 0 aliphatic carbocycles. The van der Waals surface area contributed by atoms with Gasteiger partial charge in [0.25, 0.3) is 0 Å². The number of hydrogen-bond donors (Lipinski definition) is 2. The van der Waals surface area contributed by atoms with Crippen molar-refractivity contribution in [1.82, 2.24) is 5.32 Å². The normalized spacial score (nSPS) is 17.9. The molecule has 3 rings (SSSR count). The SMILES string of the molecule is CC[C@@H]1C[C@H](NC(=O)OCCc2cc(C(F)(F)F)cc(C(F)(F)F)c2)c2cc(C(F)(F)F)ccc2N1C(=O)O. The van der Waals surface area contributed by atoms with Crippen molar-refractivity contribution in [2.45, 2.75) is 56.8 Å². The molecular weight excluding hydrogens is 551 g/mol. The van der Waals surface area contributed by atoms with E-state index in [0.29, 0.717) is 24.3 Å². The van der Waals surface area contributed by atoms with Crippen molar-refractivity contribution in [3.63, 3.8) is 0 Å². The van der Waals surface area contributed by atoms with Gasteiger partial charge in [-0.05, 0) is 60.4 Å². The lowest BCUT2D eigenvalue weighted by Gasteiger charge is -2.39. The standard InChI is InChI=1S/C24H21F9N2O4/c1-2-16-11-18(17-10-13(22(25,26)27)3-4-19(17)35(16)21(37)38)34-20(36)39-6-5-12-7-14(23(28,29)30)9-15(8-12)24(31,32)33/h3-4,7-10,16,18H,2,5-6,11H2,1H3,(H,34,36)(H,37,38)/t16-,18+/m1/s1. The fourth-order valence-electron chi connectivity index (χ4n) is 4.28. The van der Waals surface area contributed by atoms with Crippen LogP contribution in [-0.2, 0) is 29.7 Å². The largest absolute Gasteiger partial charge is 0.465 e. The third-order valence-electron chi connectivity index (χ3n) is 6.10. The van der Waals surface area contributed by atoms with Crippen LogP contribution in [0.4, 0.5) is 54.8 Å². The summed E-state index contributed by atoms with van der Waals surface area (Å²) < 4.78 is 123. The number of anilines is 1. The molecule has 1 aliphatic rings. The molecule has 0 saturated carbocycles. The van der Waals surface area contributed by atoms with Crippen LogP contribution in [-0.4, -0.2) is 29.9 Å². The molecule has 15 heteroatoms. The Morgan fingerprint density at radius 2 is 1.49 bits per heavy atom. The Kier molecular flexibility index (Phi) is 8.32. The average molecular weight is 572 g/mol. The number of ether oxygens (including phenoxy) is 1. The highest BCUT2D eigenvalue weighted by molar-refractivity contribution is 5.89. The number of carbonyl (C=O) groups is 2. The van der Waals surface area contributed by atoms with Gasteiger partial charge in [0, 0.05) is 12.5 Å². The smallest absolute Gasteiger partial charge is 0.416 e. The third kappa shape index (κ3) is 7.06. The van der Waals surface area contributed by atoms with Crippen LogP contribution in [0.5, 0.6) is 0 Å². The maximum absolute atomic E-state index is 13.3. The van der Waals surface area contributed by atoms with Crippen molar-refractivity contribution >= 4 is 17.9 Å². The summed E-state index contributed by atoms with van der Waals surface area (Å²) in [5, 5.41) is 11.9. The second kappa shape index (κ2) is 10.8. The van der Waals surface area contributed by atoms with E-state index in [0.717, 1.165) is 11.0 Å². The Morgan fingerprint density at radius 3 is 1.97 bits per heavy atom. The molecule has 0 saturated heterocycles. The molecule has 0 unspecified atom stereocenters. The van der Waals surface area contributed by atoms with Crippen LogP contribution in [0.2, 0.25) is 0 Å². The lowest BCUT2D eigenvalue weighted by molar-refractivity contribution is -0.143. The molecule has 2 atom stereocenters. The molecule has 0 bridgehead atoms. The van der Waals surface area contributed by atoms with Crippen LogP contribution in [0.1, 0.15) is 53.6 Å². The highest BCUT2D eigenvalue weighted by Crippen LogP contribution is 2.42. The molecule has 2 aromatic rings. The minimum Gasteiger partial charge on any atom is -0.465 e. The fraction of sp³-hybridized carbons (Fsp3) is 0.417. The number of alkyl halides is 9. The fourth-order valence-corrected chi connectivity index (χ4v) is 4.28. The van der Waals surface area contributed by atoms with Gasteiger partial charge in [-0.3, -0.25) is 4.90 Å². The third-order valence-corrected chi connectivity index (χ3v) is 6.10. The maximum atomic E-state index is 13.3. The van der Waals surface area contributed by atoms with Crippen molar-refractivity contribution in [2.75, 3.05) is 11.5 Å². The first-order chi connectivity index (χ1) is 17.9. The van der Waals surface area contributed by atoms with Gasteiger partial charge in [-0.1, -0.05) is 6.92 Å². The van der Waals surface area contributed by atoms with Gasteiger partial charge in [0.05, 0.1) is 35.0 Å². The zero-order chi connectivity index (χ0) is 29.3. The van der Waals surface area contributed by atoms with Gasteiger partial charge in [0.2, 0.25) is 0 Å². The van der Waals surface area contributed by atoms with Gasteiger partial charge in [-0.2, -0.15) is 39.5 Å². The summed E-state index contributed by atoms with van der Waals surface area (Å²) in [6.45, 7) is 0.987. The van der Waals surface area contributed by atoms with Crippen molar-refractivity contribution in [1.29, 1.82) is 0 Å². The van der Waals surface area contributed by atoms with E-state index in [9.17, 15) is 54.2 Å². The average Bonchev–Trinajstić information content (AvgIpc) is 2.81. The lowest BCUT2D eigenvalue weighted by Crippen LogP contribution is -2.47. The van der Waals surface area contributed by atoms with Gasteiger partial charge < -0.3 is 15.2 Å². The Bertz CT molecular complexity index is 1190. The number of fused-ring (bicyclic) bond motifs is 1. The minimum absolute atomic E-state index is 0.0443. The number of carbonyl (C=O) groups excluding carboxylic acids is 1. The van der Waals surface area contributed by atoms with Crippen LogP contribution < -0.4 is 10.2 Å². The molecule has 0 aromatic heterocycles. The highest BCUT2D eigenvalue weighted by atomic mass is 19.4. The summed E-state index contributed by atoms with van der Waals surface area (Å²) in [7, 11) is 0. The number of benzene rings is 2. The summed E-state index contributed by atoms with van der Waals surface area (Å²) in [6, 6.07) is 1.45. The van der Waals surface area contributed by atoms with Gasteiger partial charge in [-0.25, -0.2) is 9.59 Å². The predicted molar refractivity (Wildman–Crippen MR) is 118 cm³/mol. The van der Waals surface area contributed by atoms with Crippen molar-refractivity contribution in [2.24, 2.45) is 0 Å². The van der Waals surface area contributed by atoms with E-state index in [-0.39, 0.29) is 30.2 Å². The Morgan fingerprint density at radius 1 is 0.923 bits per heavy atom. The lowest BCUT2D eigenvalue weighted by atomic mass is 9.89. The van der Waals surface area contributed by atoms with Crippen LogP contribution in [0.15, 0.2) is 36.4 Å². The van der Waals surface area contributed by atoms with Gasteiger partial charge in [-0.15, -0.1) is 0 Å². The number of halogens is 9. The van der Waals surface area contributed by atoms with E-state index in [2.05, 4.69) is 5.32 Å². The van der Waals surface area contributed by atoms with Gasteiger partial charge in [0.15, 0.2) is 0 Å². The quantitative estimate of drug-likeness (QED) is 0.366. The maximum Gasteiger partial charge on any atom is 0.416 e. The van der Waals surface area contributed by atoms with Crippen LogP contribution in [0.25, 0.3) is 0 Å². The van der Waals surface area contributed by atoms with E-state index >= 15 is 0 Å². The Hall–Kier alpha value is -3.65. The number of amides is 2. The van der Waals surface area contributed by atoms with E-state index in [4.69, 9.17) is 4.74 Å². The molecular formula is C24H21F9N2O4. The molecule has 2 N–H and O–H groups in total. The summed E-state index contributed by atoms with van der Waals surface area (Å²) in [6.07, 6.45) is -17.9. The molecule has 2 amide bonds. The first kappa shape index (κ1) is 29.9. The summed E-state index contributed by atoms with van der Waals surface area (Å²) in [5.74, 6) is 0. The number of nitrogens with zero attached hydrogens (tertiary/aromatic N) is 1. The first-order valence-corrected chi connectivity index (χ1v) is 11.4. The van der Waals surface area contributed by atoms with Gasteiger partial charge >= 0.3 is 30.7 Å². The molecule has 214 valence electrons. The second-order valence-corrected chi connectivity index (χ2v) is 8.72. The second-order valence-electron chi connectivity index (χ2n) is 8.72. The van der Waals surface area contributed by atoms with Crippen molar-refractivity contribution in [3.8, 4) is 0 Å². The van der Waals surface area contributed by atoms with Crippen LogP contribution in [0, 0.1) is 0 Å². The Labute approximate surface area is 215 Å². The van der Waals surface area contributed by atoms with Crippen LogP contribution in [0.3, 0.4) is 0 Å².